The molecule has 0 aliphatic carbocycles. The molecular formula is C12H14N2O3S2. The Kier molecular flexibility index (Phi) is 5.03. The van der Waals surface area contributed by atoms with Crippen LogP contribution in [0.4, 0.5) is 0 Å². The number of hydroxylamine groups is 1. The van der Waals surface area contributed by atoms with E-state index in [4.69, 9.17) is 9.57 Å². The predicted octanol–water partition coefficient (Wildman–Crippen LogP) is 2.49. The maximum Gasteiger partial charge on any atom is 0.286 e. The number of amides is 1. The smallest absolute Gasteiger partial charge is 0.286 e. The van der Waals surface area contributed by atoms with Gasteiger partial charge in [0.25, 0.3) is 5.91 Å². The lowest BCUT2D eigenvalue weighted by molar-refractivity contribution is 0.00910. The van der Waals surface area contributed by atoms with Gasteiger partial charge in [-0.2, -0.15) is 11.3 Å². The first kappa shape index (κ1) is 14.1. The number of ether oxygens (including phenoxy) is 1. The van der Waals surface area contributed by atoms with Gasteiger partial charge in [0.15, 0.2) is 0 Å². The van der Waals surface area contributed by atoms with Gasteiger partial charge < -0.3 is 4.74 Å². The number of hydrogen-bond donors (Lipinski definition) is 1. The number of methoxy groups -OCH3 is 1. The van der Waals surface area contributed by atoms with E-state index in [1.165, 1.54) is 11.3 Å². The maximum atomic E-state index is 11.9. The van der Waals surface area contributed by atoms with E-state index in [1.54, 1.807) is 18.4 Å². The van der Waals surface area contributed by atoms with Crippen molar-refractivity contribution >= 4 is 28.6 Å². The van der Waals surface area contributed by atoms with E-state index in [2.05, 4.69) is 10.5 Å². The molecule has 2 aromatic rings. The van der Waals surface area contributed by atoms with Crippen LogP contribution in [0.2, 0.25) is 0 Å². The Morgan fingerprint density at radius 1 is 1.47 bits per heavy atom. The fraction of sp³-hybridized carbons (Fsp3) is 0.333. The van der Waals surface area contributed by atoms with Crippen molar-refractivity contribution < 1.29 is 14.4 Å². The minimum absolute atomic E-state index is 0.271. The Labute approximate surface area is 119 Å². The molecule has 1 N–H and O–H groups in total. The lowest BCUT2D eigenvalue weighted by atomic mass is 10.3. The number of aryl methyl sites for hydroxylation is 1. The molecule has 102 valence electrons. The van der Waals surface area contributed by atoms with Crippen molar-refractivity contribution in [2.75, 3.05) is 20.3 Å². The van der Waals surface area contributed by atoms with Gasteiger partial charge in [0.05, 0.1) is 18.9 Å². The molecule has 0 radical (unpaired) electrons. The van der Waals surface area contributed by atoms with Crippen LogP contribution in [0.15, 0.2) is 16.8 Å². The van der Waals surface area contributed by atoms with E-state index in [0.29, 0.717) is 23.8 Å². The zero-order valence-electron chi connectivity index (χ0n) is 10.6. The van der Waals surface area contributed by atoms with Crippen molar-refractivity contribution in [3.63, 3.8) is 0 Å². The Morgan fingerprint density at radius 2 is 2.32 bits per heavy atom. The fourth-order valence-corrected chi connectivity index (χ4v) is 3.07. The normalized spacial score (nSPS) is 10.6. The Hall–Kier alpha value is -1.28. The van der Waals surface area contributed by atoms with Gasteiger partial charge in [-0.05, 0) is 18.4 Å². The molecule has 5 nitrogen and oxygen atoms in total. The minimum Gasteiger partial charge on any atom is -0.382 e. The SMILES string of the molecule is COCCONC(=O)c1sc(-c2ccsc2)nc1C. The van der Waals surface area contributed by atoms with E-state index in [1.807, 2.05) is 23.8 Å². The molecule has 0 aliphatic rings. The third-order valence-electron chi connectivity index (χ3n) is 2.33. The summed E-state index contributed by atoms with van der Waals surface area (Å²) in [5.74, 6) is -0.271. The second-order valence-electron chi connectivity index (χ2n) is 3.72. The number of nitrogens with zero attached hydrogens (tertiary/aromatic N) is 1. The second kappa shape index (κ2) is 6.76. The molecule has 2 heterocycles. The summed E-state index contributed by atoms with van der Waals surface area (Å²) in [5.41, 5.74) is 4.13. The highest BCUT2D eigenvalue weighted by molar-refractivity contribution is 7.17. The van der Waals surface area contributed by atoms with Crippen molar-refractivity contribution in [3.05, 3.63) is 27.4 Å². The average molecular weight is 298 g/mol. The molecule has 7 heteroatoms. The van der Waals surface area contributed by atoms with Crippen LogP contribution in [0.1, 0.15) is 15.4 Å². The van der Waals surface area contributed by atoms with Crippen molar-refractivity contribution in [3.8, 4) is 10.6 Å². The van der Waals surface area contributed by atoms with Gasteiger partial charge in [-0.15, -0.1) is 11.3 Å². The molecule has 0 unspecified atom stereocenters. The maximum absolute atomic E-state index is 11.9. The first-order valence-corrected chi connectivity index (χ1v) is 7.39. The predicted molar refractivity (Wildman–Crippen MR) is 75.5 cm³/mol. The van der Waals surface area contributed by atoms with Crippen LogP contribution in [0.5, 0.6) is 0 Å². The molecule has 0 bridgehead atoms. The average Bonchev–Trinajstić information content (AvgIpc) is 3.03. The molecule has 1 amide bonds. The summed E-state index contributed by atoms with van der Waals surface area (Å²) in [6.07, 6.45) is 0. The molecule has 2 rings (SSSR count). The van der Waals surface area contributed by atoms with E-state index in [9.17, 15) is 4.79 Å². The van der Waals surface area contributed by atoms with Gasteiger partial charge >= 0.3 is 0 Å². The standard InChI is InChI=1S/C12H14N2O3S2/c1-8-10(11(15)14-17-5-4-16-2)19-12(13-8)9-3-6-18-7-9/h3,6-7H,4-5H2,1-2H3,(H,14,15). The quantitative estimate of drug-likeness (QED) is 0.657. The number of carbonyl (C=O) groups is 1. The van der Waals surface area contributed by atoms with Gasteiger partial charge in [-0.3, -0.25) is 9.63 Å². The summed E-state index contributed by atoms with van der Waals surface area (Å²) in [6, 6.07) is 1.99. The molecule has 0 atom stereocenters. The van der Waals surface area contributed by atoms with Crippen molar-refractivity contribution in [1.82, 2.24) is 10.5 Å². The molecule has 19 heavy (non-hydrogen) atoms. The second-order valence-corrected chi connectivity index (χ2v) is 5.50. The summed E-state index contributed by atoms with van der Waals surface area (Å²) in [4.78, 5) is 21.9. The monoisotopic (exact) mass is 298 g/mol. The van der Waals surface area contributed by atoms with Gasteiger partial charge in [0.2, 0.25) is 0 Å². The number of aromatic nitrogens is 1. The zero-order chi connectivity index (χ0) is 13.7. The lowest BCUT2D eigenvalue weighted by Crippen LogP contribution is -2.25. The van der Waals surface area contributed by atoms with Gasteiger partial charge in [-0.25, -0.2) is 10.5 Å². The molecule has 0 aliphatic heterocycles. The summed E-state index contributed by atoms with van der Waals surface area (Å²) in [6.45, 7) is 2.57. The van der Waals surface area contributed by atoms with Crippen LogP contribution in [-0.2, 0) is 9.57 Å². The zero-order valence-corrected chi connectivity index (χ0v) is 12.3. The molecular weight excluding hydrogens is 284 g/mol. The van der Waals surface area contributed by atoms with Crippen LogP contribution in [0.25, 0.3) is 10.6 Å². The van der Waals surface area contributed by atoms with Crippen LogP contribution in [0, 0.1) is 6.92 Å². The highest BCUT2D eigenvalue weighted by atomic mass is 32.1. The fourth-order valence-electron chi connectivity index (χ4n) is 1.40. The Balaban J connectivity index is 2.02. The third kappa shape index (κ3) is 3.60. The Bertz CT molecular complexity index is 537. The summed E-state index contributed by atoms with van der Waals surface area (Å²) in [5, 5.41) is 4.84. The van der Waals surface area contributed by atoms with Crippen LogP contribution < -0.4 is 5.48 Å². The Morgan fingerprint density at radius 3 is 3.00 bits per heavy atom. The number of rotatable bonds is 6. The van der Waals surface area contributed by atoms with Crippen LogP contribution in [-0.4, -0.2) is 31.2 Å². The van der Waals surface area contributed by atoms with Crippen LogP contribution in [0.3, 0.4) is 0 Å². The number of nitrogens with one attached hydrogen (secondary N) is 1. The van der Waals surface area contributed by atoms with Crippen LogP contribution >= 0.6 is 22.7 Å². The van der Waals surface area contributed by atoms with Crippen molar-refractivity contribution in [2.45, 2.75) is 6.92 Å². The van der Waals surface area contributed by atoms with E-state index < -0.39 is 0 Å². The minimum atomic E-state index is -0.271. The summed E-state index contributed by atoms with van der Waals surface area (Å²) >= 11 is 2.97. The van der Waals surface area contributed by atoms with Crippen molar-refractivity contribution in [2.24, 2.45) is 0 Å². The third-order valence-corrected chi connectivity index (χ3v) is 4.21. The molecule has 0 aromatic carbocycles. The molecule has 0 saturated heterocycles. The molecule has 0 saturated carbocycles. The molecule has 0 fully saturated rings. The lowest BCUT2D eigenvalue weighted by Gasteiger charge is -2.03. The van der Waals surface area contributed by atoms with E-state index >= 15 is 0 Å². The van der Waals surface area contributed by atoms with Gasteiger partial charge in [0, 0.05) is 18.1 Å². The number of thiazole rings is 1. The largest absolute Gasteiger partial charge is 0.382 e. The first-order valence-electron chi connectivity index (χ1n) is 5.63. The first-order chi connectivity index (χ1) is 9.22. The van der Waals surface area contributed by atoms with E-state index in [0.717, 1.165) is 10.6 Å². The van der Waals surface area contributed by atoms with Gasteiger partial charge in [-0.1, -0.05) is 0 Å². The van der Waals surface area contributed by atoms with E-state index in [-0.39, 0.29) is 5.91 Å². The topological polar surface area (TPSA) is 60.5 Å². The van der Waals surface area contributed by atoms with Gasteiger partial charge in [0.1, 0.15) is 9.88 Å². The highest BCUT2D eigenvalue weighted by Gasteiger charge is 2.16. The van der Waals surface area contributed by atoms with Crippen molar-refractivity contribution in [1.29, 1.82) is 0 Å². The highest BCUT2D eigenvalue weighted by Crippen LogP contribution is 2.29. The number of hydrogen-bond acceptors (Lipinski definition) is 6. The number of thiophene rings is 1. The summed E-state index contributed by atoms with van der Waals surface area (Å²) < 4.78 is 4.82. The molecule has 0 spiro atoms. The summed E-state index contributed by atoms with van der Waals surface area (Å²) in [7, 11) is 1.58. The molecule has 2 aromatic heterocycles. The number of carbonyl (C=O) groups excluding carboxylic acids is 1.